The summed E-state index contributed by atoms with van der Waals surface area (Å²) in [5.41, 5.74) is -1.32. The van der Waals surface area contributed by atoms with Crippen molar-refractivity contribution in [2.75, 3.05) is 25.6 Å². The Bertz CT molecular complexity index is 667. The molecule has 0 saturated carbocycles. The third kappa shape index (κ3) is 11.4. The number of hydrogen-bond donors (Lipinski definition) is 1. The molecular weight excluding hydrogens is 419 g/mol. The number of hydrogen-bond acceptors (Lipinski definition) is 8. The number of carbonyl (C=O) groups is 3. The zero-order valence-electron chi connectivity index (χ0n) is 15.8. The summed E-state index contributed by atoms with van der Waals surface area (Å²) >= 11 is 0. The SMILES string of the molecule is C=C(C)C(=O)OCC(CCC)(COC(=O)C(=C)C)C(=O)OCCS(=O)(=O)O.[KH]. The second-order valence-electron chi connectivity index (χ2n) is 6.17. The standard InChI is InChI=1S/C17H26O9S.K.H/c1-6-7-17(10-25-14(18)12(2)3,11-26-15(19)13(4)5)16(20)24-8-9-27(21,22)23;;/h2,4,6-11H2,1,3,5H3,(H,21,22,23);;. The van der Waals surface area contributed by atoms with Crippen LogP contribution >= 0.6 is 0 Å². The molecule has 156 valence electrons. The average molecular weight is 447 g/mol. The molecule has 11 heteroatoms. The second kappa shape index (κ2) is 13.6. The predicted molar refractivity (Wildman–Crippen MR) is 103 cm³/mol. The van der Waals surface area contributed by atoms with Crippen molar-refractivity contribution >= 4 is 79.4 Å². The van der Waals surface area contributed by atoms with Gasteiger partial charge in [0.25, 0.3) is 10.1 Å². The molecule has 1 N–H and O–H groups in total. The second-order valence-corrected chi connectivity index (χ2v) is 7.74. The molecule has 0 aliphatic heterocycles. The fraction of sp³-hybridized carbons (Fsp3) is 0.588. The van der Waals surface area contributed by atoms with Gasteiger partial charge in [-0.1, -0.05) is 26.5 Å². The Morgan fingerprint density at radius 2 is 1.39 bits per heavy atom. The van der Waals surface area contributed by atoms with Gasteiger partial charge in [-0.3, -0.25) is 9.35 Å². The predicted octanol–water partition coefficient (Wildman–Crippen LogP) is 0.794. The van der Waals surface area contributed by atoms with Gasteiger partial charge in [-0.25, -0.2) is 9.59 Å². The Morgan fingerprint density at radius 1 is 0.964 bits per heavy atom. The Hall–Kier alpha value is -0.564. The molecule has 0 amide bonds. The van der Waals surface area contributed by atoms with E-state index in [1.54, 1.807) is 6.92 Å². The van der Waals surface area contributed by atoms with Crippen LogP contribution < -0.4 is 0 Å². The summed E-state index contributed by atoms with van der Waals surface area (Å²) < 4.78 is 45.3. The Labute approximate surface area is 208 Å². The fourth-order valence-corrected chi connectivity index (χ4v) is 2.22. The van der Waals surface area contributed by atoms with Gasteiger partial charge in [-0.05, 0) is 20.3 Å². The summed E-state index contributed by atoms with van der Waals surface area (Å²) in [6.45, 7) is 9.96. The molecule has 28 heavy (non-hydrogen) atoms. The summed E-state index contributed by atoms with van der Waals surface area (Å²) in [4.78, 5) is 36.0. The first-order valence-electron chi connectivity index (χ1n) is 8.12. The minimum absolute atomic E-state index is 0. The van der Waals surface area contributed by atoms with Crippen LogP contribution in [0.15, 0.2) is 24.3 Å². The van der Waals surface area contributed by atoms with E-state index in [1.807, 2.05) is 0 Å². The minimum atomic E-state index is -4.32. The van der Waals surface area contributed by atoms with E-state index in [4.69, 9.17) is 18.8 Å². The van der Waals surface area contributed by atoms with Crippen molar-refractivity contribution < 1.29 is 41.6 Å². The van der Waals surface area contributed by atoms with E-state index < -0.39 is 59.0 Å². The molecule has 0 unspecified atom stereocenters. The molecule has 0 fully saturated rings. The third-order valence-electron chi connectivity index (χ3n) is 3.39. The molecule has 0 bridgehead atoms. The maximum absolute atomic E-state index is 12.6. The van der Waals surface area contributed by atoms with Crippen LogP contribution in [0.5, 0.6) is 0 Å². The molecule has 0 atom stereocenters. The van der Waals surface area contributed by atoms with Gasteiger partial charge in [0.2, 0.25) is 0 Å². The van der Waals surface area contributed by atoms with Crippen molar-refractivity contribution in [3.63, 3.8) is 0 Å². The monoisotopic (exact) mass is 446 g/mol. The van der Waals surface area contributed by atoms with Gasteiger partial charge in [-0.15, -0.1) is 0 Å². The van der Waals surface area contributed by atoms with Crippen LogP contribution in [0.2, 0.25) is 0 Å². The van der Waals surface area contributed by atoms with Gasteiger partial charge in [0, 0.05) is 11.1 Å². The Morgan fingerprint density at radius 3 is 1.71 bits per heavy atom. The van der Waals surface area contributed by atoms with Gasteiger partial charge in [0.1, 0.15) is 31.0 Å². The Balaban J connectivity index is 0. The van der Waals surface area contributed by atoms with E-state index in [0.717, 1.165) is 0 Å². The van der Waals surface area contributed by atoms with Crippen molar-refractivity contribution in [3.05, 3.63) is 24.3 Å². The molecule has 0 aromatic carbocycles. The van der Waals surface area contributed by atoms with Gasteiger partial charge in [-0.2, -0.15) is 8.42 Å². The van der Waals surface area contributed by atoms with Crippen molar-refractivity contribution in [3.8, 4) is 0 Å². The first kappa shape index (κ1) is 29.6. The Kier molecular flexibility index (Phi) is 14.4. The van der Waals surface area contributed by atoms with E-state index in [0.29, 0.717) is 6.42 Å². The van der Waals surface area contributed by atoms with Crippen molar-refractivity contribution in [1.82, 2.24) is 0 Å². The zero-order valence-corrected chi connectivity index (χ0v) is 16.6. The van der Waals surface area contributed by atoms with Gasteiger partial charge in [0.05, 0.1) is 0 Å². The number of rotatable bonds is 12. The molecule has 0 aromatic heterocycles. The van der Waals surface area contributed by atoms with Crippen LogP contribution in [-0.4, -0.2) is 108 Å². The molecule has 0 heterocycles. The van der Waals surface area contributed by atoms with Crippen LogP contribution in [0.4, 0.5) is 0 Å². The third-order valence-corrected chi connectivity index (χ3v) is 4.07. The van der Waals surface area contributed by atoms with Crippen LogP contribution in [-0.2, 0) is 38.7 Å². The van der Waals surface area contributed by atoms with Crippen molar-refractivity contribution in [1.29, 1.82) is 0 Å². The zero-order chi connectivity index (χ0) is 21.3. The van der Waals surface area contributed by atoms with Gasteiger partial charge >= 0.3 is 69.3 Å². The van der Waals surface area contributed by atoms with E-state index in [9.17, 15) is 22.8 Å². The molecule has 9 nitrogen and oxygen atoms in total. The fourth-order valence-electron chi connectivity index (χ4n) is 1.93. The van der Waals surface area contributed by atoms with Crippen LogP contribution in [0, 0.1) is 5.41 Å². The molecule has 0 spiro atoms. The van der Waals surface area contributed by atoms with E-state index in [2.05, 4.69) is 13.2 Å². The molecule has 0 aliphatic carbocycles. The molecular formula is C17H27KO9S. The molecule has 0 rings (SSSR count). The summed E-state index contributed by atoms with van der Waals surface area (Å²) in [5.74, 6) is -3.20. The van der Waals surface area contributed by atoms with Gasteiger partial charge < -0.3 is 14.2 Å². The average Bonchev–Trinajstić information content (AvgIpc) is 2.55. The van der Waals surface area contributed by atoms with Crippen LogP contribution in [0.1, 0.15) is 33.6 Å². The van der Waals surface area contributed by atoms with E-state index >= 15 is 0 Å². The van der Waals surface area contributed by atoms with Crippen LogP contribution in [0.3, 0.4) is 0 Å². The van der Waals surface area contributed by atoms with Crippen LogP contribution in [0.25, 0.3) is 0 Å². The molecule has 0 aromatic rings. The first-order valence-corrected chi connectivity index (χ1v) is 9.73. The maximum atomic E-state index is 12.6. The van der Waals surface area contributed by atoms with Crippen molar-refractivity contribution in [2.45, 2.75) is 33.6 Å². The number of carbonyl (C=O) groups excluding carboxylic acids is 3. The molecule has 0 saturated heterocycles. The topological polar surface area (TPSA) is 133 Å². The van der Waals surface area contributed by atoms with E-state index in [1.165, 1.54) is 13.8 Å². The number of ether oxygens (including phenoxy) is 3. The van der Waals surface area contributed by atoms with Gasteiger partial charge in [0.15, 0.2) is 0 Å². The quantitative estimate of drug-likeness (QED) is 0.152. The molecule has 0 radical (unpaired) electrons. The number of esters is 3. The summed E-state index contributed by atoms with van der Waals surface area (Å²) in [6.07, 6.45) is 0.577. The normalized spacial score (nSPS) is 11.0. The van der Waals surface area contributed by atoms with Crippen molar-refractivity contribution in [2.24, 2.45) is 5.41 Å². The summed E-state index contributed by atoms with van der Waals surface area (Å²) in [6, 6.07) is 0. The summed E-state index contributed by atoms with van der Waals surface area (Å²) in [5, 5.41) is 0. The summed E-state index contributed by atoms with van der Waals surface area (Å²) in [7, 11) is -4.32. The van der Waals surface area contributed by atoms with E-state index in [-0.39, 0.29) is 69.0 Å². The first-order chi connectivity index (χ1) is 12.3. The molecule has 0 aliphatic rings.